The number of para-hydroxylation sites is 1. The third-order valence-electron chi connectivity index (χ3n) is 2.89. The lowest BCUT2D eigenvalue weighted by Gasteiger charge is -2.13. The molecule has 104 valence electrons. The van der Waals surface area contributed by atoms with Gasteiger partial charge in [0.1, 0.15) is 5.75 Å². The Bertz CT molecular complexity index is 624. The number of benzene rings is 1. The fourth-order valence-corrected chi connectivity index (χ4v) is 1.85. The molecule has 0 saturated heterocycles. The van der Waals surface area contributed by atoms with Crippen molar-refractivity contribution in [2.24, 2.45) is 10.9 Å². The van der Waals surface area contributed by atoms with Crippen LogP contribution in [0.25, 0.3) is 0 Å². The molecular weight excluding hydrogens is 254 g/mol. The van der Waals surface area contributed by atoms with Crippen LogP contribution in [0.4, 0.5) is 0 Å². The van der Waals surface area contributed by atoms with Crippen molar-refractivity contribution in [1.82, 2.24) is 4.98 Å². The van der Waals surface area contributed by atoms with Gasteiger partial charge in [0.25, 0.3) is 0 Å². The third-order valence-corrected chi connectivity index (χ3v) is 2.89. The average Bonchev–Trinajstić information content (AvgIpc) is 2.47. The van der Waals surface area contributed by atoms with Gasteiger partial charge in [-0.3, -0.25) is 0 Å². The van der Waals surface area contributed by atoms with Crippen LogP contribution in [0.5, 0.6) is 11.6 Å². The van der Waals surface area contributed by atoms with Crippen LogP contribution in [0.2, 0.25) is 0 Å². The van der Waals surface area contributed by atoms with Crippen LogP contribution in [-0.2, 0) is 0 Å². The molecule has 2 rings (SSSR count). The van der Waals surface area contributed by atoms with Gasteiger partial charge < -0.3 is 15.7 Å². The van der Waals surface area contributed by atoms with E-state index in [1.54, 1.807) is 18.3 Å². The maximum atomic E-state index is 8.69. The van der Waals surface area contributed by atoms with Crippen molar-refractivity contribution >= 4 is 5.84 Å². The number of oxime groups is 1. The second kappa shape index (κ2) is 6.06. The molecule has 0 amide bonds. The predicted octanol–water partition coefficient (Wildman–Crippen LogP) is 3.09. The highest BCUT2D eigenvalue weighted by Crippen LogP contribution is 2.29. The summed E-state index contributed by atoms with van der Waals surface area (Å²) in [7, 11) is 0. The highest BCUT2D eigenvalue weighted by Gasteiger charge is 2.09. The van der Waals surface area contributed by atoms with Crippen LogP contribution in [-0.4, -0.2) is 16.0 Å². The molecule has 1 heterocycles. The number of rotatable bonds is 4. The third kappa shape index (κ3) is 3.06. The molecular formula is C15H17N3O2. The normalized spacial score (nSPS) is 11.7. The van der Waals surface area contributed by atoms with Gasteiger partial charge in [-0.25, -0.2) is 4.98 Å². The summed E-state index contributed by atoms with van der Waals surface area (Å²) in [5, 5.41) is 11.7. The van der Waals surface area contributed by atoms with Gasteiger partial charge in [-0.2, -0.15) is 0 Å². The Hall–Kier alpha value is -2.56. The zero-order chi connectivity index (χ0) is 14.5. The van der Waals surface area contributed by atoms with E-state index in [2.05, 4.69) is 24.0 Å². The van der Waals surface area contributed by atoms with Gasteiger partial charge in [-0.05, 0) is 23.6 Å². The van der Waals surface area contributed by atoms with E-state index in [0.717, 1.165) is 11.3 Å². The molecule has 0 radical (unpaired) electrons. The molecule has 0 fully saturated rings. The minimum atomic E-state index is 0.0226. The Kier molecular flexibility index (Phi) is 4.20. The van der Waals surface area contributed by atoms with Crippen LogP contribution < -0.4 is 10.5 Å². The van der Waals surface area contributed by atoms with Crippen molar-refractivity contribution in [2.75, 3.05) is 0 Å². The average molecular weight is 271 g/mol. The van der Waals surface area contributed by atoms with Crippen molar-refractivity contribution in [2.45, 2.75) is 19.8 Å². The van der Waals surface area contributed by atoms with Crippen LogP contribution in [0.1, 0.15) is 30.9 Å². The highest BCUT2D eigenvalue weighted by atomic mass is 16.5. The van der Waals surface area contributed by atoms with Crippen LogP contribution >= 0.6 is 0 Å². The fraction of sp³-hybridized carbons (Fsp3) is 0.200. The quantitative estimate of drug-likeness (QED) is 0.387. The molecule has 0 bridgehead atoms. The highest BCUT2D eigenvalue weighted by molar-refractivity contribution is 5.97. The zero-order valence-electron chi connectivity index (χ0n) is 11.4. The summed E-state index contributed by atoms with van der Waals surface area (Å²) >= 11 is 0. The summed E-state index contributed by atoms with van der Waals surface area (Å²) in [6.07, 6.45) is 1.56. The smallest absolute Gasteiger partial charge is 0.219 e. The SMILES string of the molecule is CC(C)c1ccccc1Oc1cc(/C(N)=N/O)ccn1. The Balaban J connectivity index is 2.31. The zero-order valence-corrected chi connectivity index (χ0v) is 11.4. The van der Waals surface area contributed by atoms with E-state index in [4.69, 9.17) is 15.7 Å². The number of aromatic nitrogens is 1. The molecule has 3 N–H and O–H groups in total. The van der Waals surface area contributed by atoms with Crippen molar-refractivity contribution < 1.29 is 9.94 Å². The second-order valence-electron chi connectivity index (χ2n) is 4.66. The summed E-state index contributed by atoms with van der Waals surface area (Å²) < 4.78 is 5.80. The van der Waals surface area contributed by atoms with E-state index in [1.807, 2.05) is 24.3 Å². The molecule has 0 aliphatic rings. The molecule has 0 aliphatic carbocycles. The van der Waals surface area contributed by atoms with E-state index in [0.29, 0.717) is 17.4 Å². The van der Waals surface area contributed by atoms with Crippen molar-refractivity contribution in [3.63, 3.8) is 0 Å². The molecule has 5 nitrogen and oxygen atoms in total. The monoisotopic (exact) mass is 271 g/mol. The number of amidine groups is 1. The minimum Gasteiger partial charge on any atom is -0.439 e. The summed E-state index contributed by atoms with van der Waals surface area (Å²) in [5.41, 5.74) is 7.21. The maximum Gasteiger partial charge on any atom is 0.219 e. The number of ether oxygens (including phenoxy) is 1. The van der Waals surface area contributed by atoms with Gasteiger partial charge >= 0.3 is 0 Å². The lowest BCUT2D eigenvalue weighted by atomic mass is 10.0. The maximum absolute atomic E-state index is 8.69. The van der Waals surface area contributed by atoms with Crippen molar-refractivity contribution in [3.05, 3.63) is 53.7 Å². The summed E-state index contributed by atoms with van der Waals surface area (Å²) in [5.74, 6) is 1.53. The lowest BCUT2D eigenvalue weighted by molar-refractivity contribution is 0.318. The van der Waals surface area contributed by atoms with E-state index in [9.17, 15) is 0 Å². The molecule has 0 unspecified atom stereocenters. The molecule has 5 heteroatoms. The number of pyridine rings is 1. The van der Waals surface area contributed by atoms with Crippen LogP contribution in [0.3, 0.4) is 0 Å². The van der Waals surface area contributed by atoms with Crippen molar-refractivity contribution in [3.8, 4) is 11.6 Å². The first-order valence-corrected chi connectivity index (χ1v) is 6.32. The van der Waals surface area contributed by atoms with Gasteiger partial charge in [0.2, 0.25) is 5.88 Å². The van der Waals surface area contributed by atoms with Gasteiger partial charge in [0, 0.05) is 17.8 Å². The van der Waals surface area contributed by atoms with Gasteiger partial charge in [0.15, 0.2) is 5.84 Å². The van der Waals surface area contributed by atoms with Crippen molar-refractivity contribution in [1.29, 1.82) is 0 Å². The molecule has 0 saturated carbocycles. The molecule has 1 aromatic heterocycles. The van der Waals surface area contributed by atoms with E-state index >= 15 is 0 Å². The molecule has 0 spiro atoms. The molecule has 0 atom stereocenters. The summed E-state index contributed by atoms with van der Waals surface area (Å²) in [4.78, 5) is 4.14. The molecule has 20 heavy (non-hydrogen) atoms. The Morgan fingerprint density at radius 2 is 2.05 bits per heavy atom. The summed E-state index contributed by atoms with van der Waals surface area (Å²) in [6, 6.07) is 11.1. The number of nitrogens with two attached hydrogens (primary N) is 1. The Morgan fingerprint density at radius 3 is 2.75 bits per heavy atom. The molecule has 2 aromatic rings. The van der Waals surface area contributed by atoms with E-state index in [-0.39, 0.29) is 5.84 Å². The lowest BCUT2D eigenvalue weighted by Crippen LogP contribution is -2.13. The van der Waals surface area contributed by atoms with Gasteiger partial charge in [-0.1, -0.05) is 37.2 Å². The number of nitrogens with zero attached hydrogens (tertiary/aromatic N) is 2. The molecule has 0 aliphatic heterocycles. The van der Waals surface area contributed by atoms with Gasteiger partial charge in [-0.15, -0.1) is 0 Å². The van der Waals surface area contributed by atoms with E-state index < -0.39 is 0 Å². The standard InChI is InChI=1S/C15H17N3O2/c1-10(2)12-5-3-4-6-13(12)20-14-9-11(7-8-17-14)15(16)18-19/h3-10,19H,1-2H3,(H2,16,18). The summed E-state index contributed by atoms with van der Waals surface area (Å²) in [6.45, 7) is 4.20. The first-order valence-electron chi connectivity index (χ1n) is 6.32. The first kappa shape index (κ1) is 13.9. The van der Waals surface area contributed by atoms with Crippen LogP contribution in [0.15, 0.2) is 47.8 Å². The predicted molar refractivity (Wildman–Crippen MR) is 77.4 cm³/mol. The number of hydrogen-bond donors (Lipinski definition) is 2. The Labute approximate surface area is 117 Å². The second-order valence-corrected chi connectivity index (χ2v) is 4.66. The minimum absolute atomic E-state index is 0.0226. The van der Waals surface area contributed by atoms with Crippen LogP contribution in [0, 0.1) is 0 Å². The topological polar surface area (TPSA) is 80.7 Å². The fourth-order valence-electron chi connectivity index (χ4n) is 1.85. The number of hydrogen-bond acceptors (Lipinski definition) is 4. The largest absolute Gasteiger partial charge is 0.439 e. The first-order chi connectivity index (χ1) is 9.61. The van der Waals surface area contributed by atoms with E-state index in [1.165, 1.54) is 0 Å². The Morgan fingerprint density at radius 1 is 1.30 bits per heavy atom. The van der Waals surface area contributed by atoms with Gasteiger partial charge in [0.05, 0.1) is 0 Å². The molecule has 1 aromatic carbocycles.